The molecule has 212 valence electrons. The number of hydrogen-bond acceptors (Lipinski definition) is 8. The zero-order valence-electron chi connectivity index (χ0n) is 23.2. The van der Waals surface area contributed by atoms with Gasteiger partial charge in [0, 0.05) is 49.4 Å². The summed E-state index contributed by atoms with van der Waals surface area (Å²) in [6, 6.07) is 11.3. The van der Waals surface area contributed by atoms with Crippen LogP contribution in [-0.2, 0) is 6.42 Å². The average Bonchev–Trinajstić information content (AvgIpc) is 3.72. The van der Waals surface area contributed by atoms with Crippen LogP contribution >= 0.6 is 0 Å². The molecule has 0 atom stereocenters. The van der Waals surface area contributed by atoms with Gasteiger partial charge in [-0.25, -0.2) is 9.97 Å². The predicted molar refractivity (Wildman–Crippen MR) is 154 cm³/mol. The maximum atomic E-state index is 12.5. The van der Waals surface area contributed by atoms with Crippen molar-refractivity contribution in [1.29, 1.82) is 0 Å². The molecular weight excluding hydrogens is 522 g/mol. The maximum absolute atomic E-state index is 12.5. The zero-order chi connectivity index (χ0) is 28.3. The van der Waals surface area contributed by atoms with Crippen molar-refractivity contribution in [3.63, 3.8) is 0 Å². The van der Waals surface area contributed by atoms with E-state index in [1.165, 1.54) is 0 Å². The maximum Gasteiger partial charge on any atom is 0.251 e. The summed E-state index contributed by atoms with van der Waals surface area (Å²) < 4.78 is 17.9. The number of H-pyrrole nitrogens is 1. The van der Waals surface area contributed by atoms with Gasteiger partial charge in [-0.15, -0.1) is 0 Å². The number of carbonyl (C=O) groups excluding carboxylic acids is 1. The molecule has 0 radical (unpaired) electrons. The van der Waals surface area contributed by atoms with Crippen molar-refractivity contribution in [2.45, 2.75) is 51.6 Å². The van der Waals surface area contributed by atoms with E-state index < -0.39 is 0 Å². The smallest absolute Gasteiger partial charge is 0.251 e. The lowest BCUT2D eigenvalue weighted by Gasteiger charge is -2.15. The van der Waals surface area contributed by atoms with Gasteiger partial charge < -0.3 is 29.3 Å². The Balaban J connectivity index is 1.35. The van der Waals surface area contributed by atoms with Gasteiger partial charge in [-0.3, -0.25) is 4.79 Å². The highest BCUT2D eigenvalue weighted by Crippen LogP contribution is 2.37. The minimum atomic E-state index is -0.217. The van der Waals surface area contributed by atoms with E-state index in [0.717, 1.165) is 58.9 Å². The molecule has 1 fully saturated rings. The number of nitrogens with one attached hydrogen (secondary N) is 2. The first-order valence-electron chi connectivity index (χ1n) is 14.0. The molecule has 0 unspecified atom stereocenters. The Labute approximate surface area is 237 Å². The normalized spacial score (nSPS) is 13.7. The van der Waals surface area contributed by atoms with Gasteiger partial charge in [0.15, 0.2) is 11.5 Å². The summed E-state index contributed by atoms with van der Waals surface area (Å²) in [6.07, 6.45) is 7.22. The molecule has 1 amide bonds. The monoisotopic (exact) mass is 555 g/mol. The fraction of sp³-hybridized carbons (Fsp3) is 0.355. The van der Waals surface area contributed by atoms with Crippen LogP contribution in [0.25, 0.3) is 33.3 Å². The Morgan fingerprint density at radius 3 is 2.80 bits per heavy atom. The van der Waals surface area contributed by atoms with Crippen LogP contribution < -0.4 is 14.8 Å². The molecule has 0 saturated heterocycles. The second kappa shape index (κ2) is 11.6. The molecule has 0 spiro atoms. The van der Waals surface area contributed by atoms with Crippen molar-refractivity contribution in [1.82, 2.24) is 25.3 Å². The number of methoxy groups -OCH3 is 1. The summed E-state index contributed by atoms with van der Waals surface area (Å²) in [6.45, 7) is 2.27. The van der Waals surface area contributed by atoms with Gasteiger partial charge in [0.25, 0.3) is 5.91 Å². The van der Waals surface area contributed by atoms with Crippen LogP contribution in [0.15, 0.2) is 47.0 Å². The molecular formula is C31H33N5O5. The lowest BCUT2D eigenvalue weighted by atomic mass is 10.0. The highest BCUT2D eigenvalue weighted by atomic mass is 16.5. The van der Waals surface area contributed by atoms with Crippen molar-refractivity contribution in [3.8, 4) is 22.8 Å². The molecule has 10 heteroatoms. The quantitative estimate of drug-likeness (QED) is 0.202. The number of nitrogens with zero attached hydrogens (tertiary/aromatic N) is 3. The van der Waals surface area contributed by atoms with Crippen LogP contribution in [0.4, 0.5) is 0 Å². The first kappa shape index (κ1) is 26.8. The molecule has 3 aromatic heterocycles. The Morgan fingerprint density at radius 2 is 2.00 bits per heavy atom. The van der Waals surface area contributed by atoms with Crippen molar-refractivity contribution in [3.05, 3.63) is 65.4 Å². The predicted octanol–water partition coefficient (Wildman–Crippen LogP) is 5.11. The standard InChI is InChI=1S/C31H33N5O5/c1-18-34-24-11-10-19(14-26(24)40-18)23-17-33-29-28(23)31(41-22-6-3-4-7-22)36-27(35-29)16-20-8-9-21(15-25(20)39-2)30(38)32-12-5-13-37/h8-11,14-15,17,22,37H,3-7,12-13,16H2,1-2H3,(H,32,38)(H,33,35,36). The average molecular weight is 556 g/mol. The van der Waals surface area contributed by atoms with Crippen LogP contribution in [0.1, 0.15) is 59.7 Å². The third-order valence-corrected chi connectivity index (χ3v) is 7.45. The third-order valence-electron chi connectivity index (χ3n) is 7.45. The molecule has 2 aromatic carbocycles. The van der Waals surface area contributed by atoms with Gasteiger partial charge in [-0.1, -0.05) is 12.1 Å². The summed E-state index contributed by atoms with van der Waals surface area (Å²) in [5, 5.41) is 12.6. The van der Waals surface area contributed by atoms with Crippen LogP contribution in [0, 0.1) is 6.92 Å². The van der Waals surface area contributed by atoms with Crippen LogP contribution in [0.3, 0.4) is 0 Å². The van der Waals surface area contributed by atoms with Crippen molar-refractivity contribution < 1.29 is 23.8 Å². The number of rotatable bonds is 10. The molecule has 3 heterocycles. The first-order chi connectivity index (χ1) is 20.0. The van der Waals surface area contributed by atoms with Gasteiger partial charge in [0.2, 0.25) is 5.88 Å². The number of aliphatic hydroxyl groups excluding tert-OH is 1. The molecule has 1 saturated carbocycles. The fourth-order valence-electron chi connectivity index (χ4n) is 5.39. The number of aryl methyl sites for hydroxylation is 1. The van der Waals surface area contributed by atoms with Crippen molar-refractivity contribution in [2.75, 3.05) is 20.3 Å². The molecule has 3 N–H and O–H groups in total. The minimum Gasteiger partial charge on any atom is -0.496 e. The number of aromatic nitrogens is 4. The van der Waals surface area contributed by atoms with Crippen molar-refractivity contribution in [2.24, 2.45) is 0 Å². The number of ether oxygens (including phenoxy) is 2. The number of aromatic amines is 1. The highest BCUT2D eigenvalue weighted by molar-refractivity contribution is 5.98. The number of carbonyl (C=O) groups is 1. The Kier molecular flexibility index (Phi) is 7.56. The third kappa shape index (κ3) is 5.60. The van der Waals surface area contributed by atoms with Gasteiger partial charge in [0.1, 0.15) is 28.8 Å². The number of oxazole rings is 1. The molecule has 6 rings (SSSR count). The van der Waals surface area contributed by atoms with E-state index >= 15 is 0 Å². The van der Waals surface area contributed by atoms with E-state index in [1.807, 2.05) is 37.4 Å². The number of hydrogen-bond donors (Lipinski definition) is 3. The highest BCUT2D eigenvalue weighted by Gasteiger charge is 2.23. The molecule has 1 aliphatic rings. The number of amides is 1. The molecule has 10 nitrogen and oxygen atoms in total. The summed E-state index contributed by atoms with van der Waals surface area (Å²) in [7, 11) is 1.58. The van der Waals surface area contributed by atoms with Crippen LogP contribution in [-0.4, -0.2) is 57.3 Å². The van der Waals surface area contributed by atoms with E-state index in [-0.39, 0.29) is 18.6 Å². The van der Waals surface area contributed by atoms with E-state index in [2.05, 4.69) is 15.3 Å². The number of fused-ring (bicyclic) bond motifs is 2. The van der Waals surface area contributed by atoms with Gasteiger partial charge in [0.05, 0.1) is 12.5 Å². The van der Waals surface area contributed by atoms with Crippen LogP contribution in [0.5, 0.6) is 11.6 Å². The minimum absolute atomic E-state index is 0.0258. The second-order valence-electron chi connectivity index (χ2n) is 10.3. The molecule has 0 bridgehead atoms. The van der Waals surface area contributed by atoms with Crippen LogP contribution in [0.2, 0.25) is 0 Å². The second-order valence-corrected chi connectivity index (χ2v) is 10.3. The van der Waals surface area contributed by atoms with Gasteiger partial charge in [-0.05, 0) is 61.9 Å². The fourth-order valence-corrected chi connectivity index (χ4v) is 5.39. The largest absolute Gasteiger partial charge is 0.496 e. The lowest BCUT2D eigenvalue weighted by Crippen LogP contribution is -2.25. The van der Waals surface area contributed by atoms with E-state index in [1.54, 1.807) is 19.2 Å². The van der Waals surface area contributed by atoms with E-state index in [0.29, 0.717) is 53.9 Å². The molecule has 0 aliphatic heterocycles. The summed E-state index contributed by atoms with van der Waals surface area (Å²) in [5.41, 5.74) is 5.46. The topological polar surface area (TPSA) is 135 Å². The van der Waals surface area contributed by atoms with Gasteiger partial charge >= 0.3 is 0 Å². The van der Waals surface area contributed by atoms with Gasteiger partial charge in [-0.2, -0.15) is 4.98 Å². The lowest BCUT2D eigenvalue weighted by molar-refractivity contribution is 0.0950. The molecule has 41 heavy (non-hydrogen) atoms. The van der Waals surface area contributed by atoms with E-state index in [9.17, 15) is 4.79 Å². The Morgan fingerprint density at radius 1 is 1.15 bits per heavy atom. The Hall–Kier alpha value is -4.44. The molecule has 5 aromatic rings. The Bertz CT molecular complexity index is 1700. The number of aliphatic hydroxyl groups is 1. The summed E-state index contributed by atoms with van der Waals surface area (Å²) in [4.78, 5) is 30.0. The van der Waals surface area contributed by atoms with Crippen molar-refractivity contribution >= 4 is 28.0 Å². The number of benzene rings is 2. The summed E-state index contributed by atoms with van der Waals surface area (Å²) >= 11 is 0. The van der Waals surface area contributed by atoms with E-state index in [4.69, 9.17) is 29.0 Å². The molecule has 1 aliphatic carbocycles. The summed E-state index contributed by atoms with van der Waals surface area (Å²) in [5.74, 6) is 2.12. The first-order valence-corrected chi connectivity index (χ1v) is 14.0. The zero-order valence-corrected chi connectivity index (χ0v) is 23.2. The SMILES string of the molecule is COc1cc(C(=O)NCCCO)ccc1Cc1nc(OC2CCCC2)c2c(-c3ccc4nc(C)oc4c3)c[nH]c2n1.